The molecule has 0 aromatic rings. The van der Waals surface area contributed by atoms with Gasteiger partial charge in [0.25, 0.3) is 0 Å². The summed E-state index contributed by atoms with van der Waals surface area (Å²) in [6, 6.07) is 0. The molecule has 0 aliphatic carbocycles. The third kappa shape index (κ3) is 49.4. The molecule has 0 spiro atoms. The molecule has 0 saturated heterocycles. The second kappa shape index (κ2) is 4.92. The molecule has 0 aliphatic rings. The quantitative estimate of drug-likeness (QED) is 0.579. The fraction of sp³-hybridized carbons (Fsp3) is 1.00. The SMILES string of the molecule is CC(C)C.[Pb]. The largest absolute Gasteiger partial charge is 0.0630 e. The van der Waals surface area contributed by atoms with Crippen LogP contribution in [0.5, 0.6) is 0 Å². The molecule has 0 unspecified atom stereocenters. The van der Waals surface area contributed by atoms with E-state index in [1.54, 1.807) is 0 Å². The van der Waals surface area contributed by atoms with Gasteiger partial charge in [0.15, 0.2) is 0 Å². The van der Waals surface area contributed by atoms with Crippen LogP contribution in [0, 0.1) is 5.92 Å². The van der Waals surface area contributed by atoms with Gasteiger partial charge in [-0.1, -0.05) is 20.8 Å². The molecule has 1 heteroatoms. The minimum absolute atomic E-state index is 0. The number of hydrogen-bond acceptors (Lipinski definition) is 0. The maximum atomic E-state index is 2.17. The van der Waals surface area contributed by atoms with Gasteiger partial charge < -0.3 is 0 Å². The monoisotopic (exact) mass is 266 g/mol. The number of hydrogen-bond donors (Lipinski definition) is 0. The summed E-state index contributed by atoms with van der Waals surface area (Å²) in [5, 5.41) is 0. The molecule has 5 heavy (non-hydrogen) atoms. The van der Waals surface area contributed by atoms with Crippen molar-refractivity contribution in [2.45, 2.75) is 20.8 Å². The van der Waals surface area contributed by atoms with E-state index in [9.17, 15) is 0 Å². The van der Waals surface area contributed by atoms with Crippen LogP contribution >= 0.6 is 0 Å². The Morgan fingerprint density at radius 1 is 1.00 bits per heavy atom. The van der Waals surface area contributed by atoms with Gasteiger partial charge in [-0.2, -0.15) is 0 Å². The molecule has 0 bridgehead atoms. The summed E-state index contributed by atoms with van der Waals surface area (Å²) in [6.07, 6.45) is 0. The van der Waals surface area contributed by atoms with E-state index >= 15 is 0 Å². The first kappa shape index (κ1) is 9.33. The van der Waals surface area contributed by atoms with Crippen molar-refractivity contribution in [3.63, 3.8) is 0 Å². The predicted molar refractivity (Wildman–Crippen MR) is 26.3 cm³/mol. The Morgan fingerprint density at radius 2 is 1.00 bits per heavy atom. The van der Waals surface area contributed by atoms with E-state index in [4.69, 9.17) is 0 Å². The first-order chi connectivity index (χ1) is 1.73. The Labute approximate surface area is 54.1 Å². The van der Waals surface area contributed by atoms with Crippen molar-refractivity contribution < 1.29 is 0 Å². The van der Waals surface area contributed by atoms with Crippen LogP contribution in [0.2, 0.25) is 0 Å². The van der Waals surface area contributed by atoms with Crippen molar-refractivity contribution in [3.05, 3.63) is 0 Å². The molecule has 0 aromatic heterocycles. The van der Waals surface area contributed by atoms with E-state index in [2.05, 4.69) is 20.8 Å². The van der Waals surface area contributed by atoms with Crippen molar-refractivity contribution in [2.24, 2.45) is 5.92 Å². The smallest absolute Gasteiger partial charge is 0 e. The van der Waals surface area contributed by atoms with E-state index in [1.807, 2.05) is 0 Å². The van der Waals surface area contributed by atoms with Crippen LogP contribution in [0.25, 0.3) is 0 Å². The third-order valence-corrected chi connectivity index (χ3v) is 0. The molecule has 0 atom stereocenters. The molecule has 0 N–H and O–H groups in total. The van der Waals surface area contributed by atoms with Crippen molar-refractivity contribution in [2.75, 3.05) is 0 Å². The zero-order valence-electron chi connectivity index (χ0n) is 4.08. The summed E-state index contributed by atoms with van der Waals surface area (Å²) in [5.41, 5.74) is 0. The van der Waals surface area contributed by atoms with Gasteiger partial charge >= 0.3 is 0 Å². The molecule has 0 aromatic carbocycles. The van der Waals surface area contributed by atoms with Gasteiger partial charge in [-0.15, -0.1) is 0 Å². The first-order valence-electron chi connectivity index (χ1n) is 1.73. The molecular weight excluding hydrogens is 255 g/mol. The Balaban J connectivity index is 0. The molecule has 0 aliphatic heterocycles. The van der Waals surface area contributed by atoms with Crippen molar-refractivity contribution in [1.82, 2.24) is 0 Å². The normalized spacial score (nSPS) is 7.20. The number of rotatable bonds is 0. The zero-order chi connectivity index (χ0) is 3.58. The van der Waals surface area contributed by atoms with E-state index in [1.165, 1.54) is 0 Å². The van der Waals surface area contributed by atoms with Crippen LogP contribution in [0.1, 0.15) is 20.8 Å². The molecule has 0 rings (SSSR count). The van der Waals surface area contributed by atoms with E-state index < -0.39 is 0 Å². The summed E-state index contributed by atoms with van der Waals surface area (Å²) < 4.78 is 0. The maximum absolute atomic E-state index is 2.17. The molecule has 0 saturated carbocycles. The van der Waals surface area contributed by atoms with Gasteiger partial charge in [-0.3, -0.25) is 0 Å². The first-order valence-corrected chi connectivity index (χ1v) is 1.73. The summed E-state index contributed by atoms with van der Waals surface area (Å²) in [4.78, 5) is 0. The second-order valence-electron chi connectivity index (χ2n) is 1.73. The minimum atomic E-state index is 0. The molecule has 0 heterocycles. The molecule has 0 amide bonds. The Bertz CT molecular complexity index is 8.36. The Hall–Kier alpha value is 0.922. The fourth-order valence-electron chi connectivity index (χ4n) is 0. The molecule has 4 radical (unpaired) electrons. The summed E-state index contributed by atoms with van der Waals surface area (Å²) in [5.74, 6) is 0.833. The topological polar surface area (TPSA) is 0 Å². The van der Waals surface area contributed by atoms with Crippen LogP contribution in [0.3, 0.4) is 0 Å². The van der Waals surface area contributed by atoms with Gasteiger partial charge in [0, 0.05) is 27.3 Å². The van der Waals surface area contributed by atoms with Crippen molar-refractivity contribution in [3.8, 4) is 0 Å². The molecular formula is C4H10Pb. The van der Waals surface area contributed by atoms with E-state index in [0.717, 1.165) is 5.92 Å². The minimum Gasteiger partial charge on any atom is -0.0630 e. The molecule has 0 nitrogen and oxygen atoms in total. The van der Waals surface area contributed by atoms with Crippen LogP contribution in [-0.4, -0.2) is 27.3 Å². The van der Waals surface area contributed by atoms with Crippen LogP contribution in [0.15, 0.2) is 0 Å². The standard InChI is InChI=1S/C4H10.Pb/c1-4(2)3;/h4H,1-3H3;. The van der Waals surface area contributed by atoms with Gasteiger partial charge in [0.2, 0.25) is 0 Å². The average Bonchev–Trinajstić information content (AvgIpc) is 0.811. The zero-order valence-corrected chi connectivity index (χ0v) is 7.96. The van der Waals surface area contributed by atoms with Crippen LogP contribution < -0.4 is 0 Å². The van der Waals surface area contributed by atoms with Gasteiger partial charge in [-0.25, -0.2) is 0 Å². The molecule has 0 fully saturated rings. The van der Waals surface area contributed by atoms with Crippen LogP contribution in [-0.2, 0) is 0 Å². The summed E-state index contributed by atoms with van der Waals surface area (Å²) in [6.45, 7) is 6.50. The second-order valence-corrected chi connectivity index (χ2v) is 1.73. The van der Waals surface area contributed by atoms with Gasteiger partial charge in [0.05, 0.1) is 0 Å². The van der Waals surface area contributed by atoms with Gasteiger partial charge in [-0.05, 0) is 5.92 Å². The van der Waals surface area contributed by atoms with Gasteiger partial charge in [0.1, 0.15) is 0 Å². The van der Waals surface area contributed by atoms with Crippen LogP contribution in [0.4, 0.5) is 0 Å². The summed E-state index contributed by atoms with van der Waals surface area (Å²) >= 11 is 0. The maximum Gasteiger partial charge on any atom is 0 e. The molecule has 30 valence electrons. The summed E-state index contributed by atoms with van der Waals surface area (Å²) in [7, 11) is 0. The van der Waals surface area contributed by atoms with Crippen molar-refractivity contribution in [1.29, 1.82) is 0 Å². The Kier molecular flexibility index (Phi) is 9.18. The van der Waals surface area contributed by atoms with E-state index in [0.29, 0.717) is 0 Å². The van der Waals surface area contributed by atoms with E-state index in [-0.39, 0.29) is 27.3 Å². The third-order valence-electron chi connectivity index (χ3n) is 0. The fourth-order valence-corrected chi connectivity index (χ4v) is 0. The predicted octanol–water partition coefficient (Wildman–Crippen LogP) is 1.28. The average molecular weight is 265 g/mol. The van der Waals surface area contributed by atoms with Crippen molar-refractivity contribution >= 4 is 27.3 Å². The Morgan fingerprint density at radius 3 is 1.00 bits per heavy atom.